The topological polar surface area (TPSA) is 34.1 Å². The van der Waals surface area contributed by atoms with Crippen LogP contribution in [0.15, 0.2) is 16.3 Å². The van der Waals surface area contributed by atoms with E-state index in [1.165, 1.54) is 11.3 Å². The summed E-state index contributed by atoms with van der Waals surface area (Å²) in [5.74, 6) is 0. The van der Waals surface area contributed by atoms with Gasteiger partial charge < -0.3 is 0 Å². The maximum absolute atomic E-state index is 10.8. The molecule has 0 N–H and O–H groups in total. The van der Waals surface area contributed by atoms with Gasteiger partial charge in [-0.3, -0.25) is 0 Å². The molecule has 0 spiro atoms. The molecule has 0 bridgehead atoms. The fourth-order valence-electron chi connectivity index (χ4n) is 0.543. The van der Waals surface area contributed by atoms with E-state index < -0.39 is 8.27 Å². The SMILES string of the molecule is Cc1ccc(S(=O)(=O)Br)s1. The van der Waals surface area contributed by atoms with Gasteiger partial charge in [-0.25, -0.2) is 8.42 Å². The van der Waals surface area contributed by atoms with E-state index in [0.29, 0.717) is 4.21 Å². The van der Waals surface area contributed by atoms with Crippen LogP contribution in [0.1, 0.15) is 4.88 Å². The van der Waals surface area contributed by atoms with Crippen molar-refractivity contribution in [1.29, 1.82) is 0 Å². The van der Waals surface area contributed by atoms with Crippen LogP contribution in [0, 0.1) is 6.92 Å². The summed E-state index contributed by atoms with van der Waals surface area (Å²) in [5.41, 5.74) is 0. The minimum atomic E-state index is -3.15. The standard InChI is InChI=1S/C5H5BrO2S2/c1-4-2-3-5(9-4)10(6,7)8/h2-3H,1H3. The average Bonchev–Trinajstić information content (AvgIpc) is 2.11. The molecule has 1 aromatic heterocycles. The molecule has 0 aromatic carbocycles. The molecule has 5 heteroatoms. The Morgan fingerprint density at radius 3 is 2.30 bits per heavy atom. The number of hydrogen-bond donors (Lipinski definition) is 0. The zero-order valence-corrected chi connectivity index (χ0v) is 8.38. The normalized spacial score (nSPS) is 11.8. The van der Waals surface area contributed by atoms with E-state index in [2.05, 4.69) is 14.8 Å². The van der Waals surface area contributed by atoms with E-state index in [4.69, 9.17) is 0 Å². The molecule has 0 fully saturated rings. The van der Waals surface area contributed by atoms with Gasteiger partial charge in [0.05, 0.1) is 14.8 Å². The molecule has 2 nitrogen and oxygen atoms in total. The predicted octanol–water partition coefficient (Wildman–Crippen LogP) is 2.14. The molecule has 0 radical (unpaired) electrons. The number of halogens is 1. The first-order valence-corrected chi connectivity index (χ1v) is 6.65. The second-order valence-electron chi connectivity index (χ2n) is 1.80. The smallest absolute Gasteiger partial charge is 0.211 e. The van der Waals surface area contributed by atoms with Crippen LogP contribution in [0.2, 0.25) is 0 Å². The van der Waals surface area contributed by atoms with E-state index in [1.54, 1.807) is 12.1 Å². The van der Waals surface area contributed by atoms with Crippen LogP contribution in [-0.4, -0.2) is 8.42 Å². The van der Waals surface area contributed by atoms with E-state index in [1.807, 2.05) is 6.92 Å². The molecule has 56 valence electrons. The Hall–Kier alpha value is 0.130. The molecule has 0 amide bonds. The van der Waals surface area contributed by atoms with Gasteiger partial charge >= 0.3 is 0 Å². The lowest BCUT2D eigenvalue weighted by Gasteiger charge is -1.84. The van der Waals surface area contributed by atoms with E-state index in [0.717, 1.165) is 4.88 Å². The summed E-state index contributed by atoms with van der Waals surface area (Å²) in [6.45, 7) is 1.87. The van der Waals surface area contributed by atoms with Gasteiger partial charge in [0.1, 0.15) is 4.21 Å². The molecule has 0 saturated carbocycles. The second kappa shape index (κ2) is 2.64. The summed E-state index contributed by atoms with van der Waals surface area (Å²) < 4.78 is 21.9. The highest BCUT2D eigenvalue weighted by molar-refractivity contribution is 9.47. The zero-order valence-electron chi connectivity index (χ0n) is 5.17. The number of thiophene rings is 1. The van der Waals surface area contributed by atoms with Crippen molar-refractivity contribution in [3.8, 4) is 0 Å². The van der Waals surface area contributed by atoms with Crippen molar-refractivity contribution < 1.29 is 8.42 Å². The Morgan fingerprint density at radius 1 is 1.50 bits per heavy atom. The fourth-order valence-corrected chi connectivity index (χ4v) is 3.07. The van der Waals surface area contributed by atoms with E-state index in [-0.39, 0.29) is 0 Å². The second-order valence-corrected chi connectivity index (χ2v) is 7.22. The fraction of sp³-hybridized carbons (Fsp3) is 0.200. The highest BCUT2D eigenvalue weighted by Gasteiger charge is 2.10. The van der Waals surface area contributed by atoms with Crippen molar-refractivity contribution >= 4 is 34.4 Å². The van der Waals surface area contributed by atoms with Gasteiger partial charge in [-0.2, -0.15) is 0 Å². The first-order valence-electron chi connectivity index (χ1n) is 2.51. The third kappa shape index (κ3) is 1.81. The molecule has 0 atom stereocenters. The summed E-state index contributed by atoms with van der Waals surface area (Å²) in [6.07, 6.45) is 0. The number of aryl methyl sites for hydroxylation is 1. The lowest BCUT2D eigenvalue weighted by molar-refractivity contribution is 0.613. The molecule has 10 heavy (non-hydrogen) atoms. The van der Waals surface area contributed by atoms with Gasteiger partial charge in [-0.15, -0.1) is 11.3 Å². The Bertz CT molecular complexity index is 325. The maximum Gasteiger partial charge on any atom is 0.246 e. The Balaban J connectivity index is 3.21. The lowest BCUT2D eigenvalue weighted by atomic mass is 10.5. The summed E-state index contributed by atoms with van der Waals surface area (Å²) in [7, 11) is -3.15. The van der Waals surface area contributed by atoms with Crippen LogP contribution in [0.5, 0.6) is 0 Å². The number of rotatable bonds is 1. The molecular formula is C5H5BrO2S2. The van der Waals surface area contributed by atoms with E-state index in [9.17, 15) is 8.42 Å². The molecule has 0 unspecified atom stereocenters. The summed E-state index contributed by atoms with van der Waals surface area (Å²) >= 11 is 3.84. The predicted molar refractivity (Wildman–Crippen MR) is 45.2 cm³/mol. The van der Waals surface area contributed by atoms with Gasteiger partial charge in [-0.1, -0.05) is 0 Å². The van der Waals surface area contributed by atoms with Crippen LogP contribution < -0.4 is 0 Å². The first-order chi connectivity index (χ1) is 4.50. The largest absolute Gasteiger partial charge is 0.246 e. The van der Waals surface area contributed by atoms with Crippen molar-refractivity contribution in [3.63, 3.8) is 0 Å². The van der Waals surface area contributed by atoms with Crippen LogP contribution in [0.3, 0.4) is 0 Å². The minimum Gasteiger partial charge on any atom is -0.211 e. The van der Waals surface area contributed by atoms with Crippen LogP contribution in [-0.2, 0) is 8.27 Å². The van der Waals surface area contributed by atoms with E-state index >= 15 is 0 Å². The average molecular weight is 241 g/mol. The zero-order chi connectivity index (χ0) is 7.78. The summed E-state index contributed by atoms with van der Waals surface area (Å²) in [6, 6.07) is 3.36. The molecule has 1 heterocycles. The van der Waals surface area contributed by atoms with Crippen molar-refractivity contribution in [2.24, 2.45) is 0 Å². The van der Waals surface area contributed by atoms with Gasteiger partial charge in [0.15, 0.2) is 0 Å². The van der Waals surface area contributed by atoms with Crippen molar-refractivity contribution in [1.82, 2.24) is 0 Å². The molecule has 0 aliphatic carbocycles. The first kappa shape index (κ1) is 8.23. The molecular weight excluding hydrogens is 236 g/mol. The molecule has 1 rings (SSSR count). The lowest BCUT2D eigenvalue weighted by Crippen LogP contribution is -1.81. The molecule has 0 aliphatic rings. The van der Waals surface area contributed by atoms with Crippen molar-refractivity contribution in [2.45, 2.75) is 11.1 Å². The molecule has 0 aliphatic heterocycles. The van der Waals surface area contributed by atoms with Gasteiger partial charge in [0.2, 0.25) is 8.27 Å². The maximum atomic E-state index is 10.8. The van der Waals surface area contributed by atoms with Crippen molar-refractivity contribution in [2.75, 3.05) is 0 Å². The van der Waals surface area contributed by atoms with Crippen LogP contribution >= 0.6 is 26.1 Å². The van der Waals surface area contributed by atoms with Gasteiger partial charge in [0, 0.05) is 4.88 Å². The molecule has 1 aromatic rings. The number of hydrogen-bond acceptors (Lipinski definition) is 3. The Morgan fingerprint density at radius 2 is 2.10 bits per heavy atom. The third-order valence-corrected chi connectivity index (χ3v) is 4.97. The quantitative estimate of drug-likeness (QED) is 0.706. The van der Waals surface area contributed by atoms with Crippen molar-refractivity contribution in [3.05, 3.63) is 17.0 Å². The van der Waals surface area contributed by atoms with Crippen LogP contribution in [0.4, 0.5) is 0 Å². The highest BCUT2D eigenvalue weighted by atomic mass is 79.9. The highest BCUT2D eigenvalue weighted by Crippen LogP contribution is 2.24. The summed E-state index contributed by atoms with van der Waals surface area (Å²) in [5, 5.41) is 0. The Kier molecular flexibility index (Phi) is 2.17. The van der Waals surface area contributed by atoms with Gasteiger partial charge in [0.25, 0.3) is 0 Å². The van der Waals surface area contributed by atoms with Gasteiger partial charge in [-0.05, 0) is 19.1 Å². The minimum absolute atomic E-state index is 0.366. The Labute approximate surface area is 71.0 Å². The molecule has 0 saturated heterocycles. The summed E-state index contributed by atoms with van der Waals surface area (Å²) in [4.78, 5) is 0.998. The van der Waals surface area contributed by atoms with Crippen LogP contribution in [0.25, 0.3) is 0 Å². The third-order valence-electron chi connectivity index (χ3n) is 0.956. The monoisotopic (exact) mass is 240 g/mol.